The normalized spacial score (nSPS) is 11.2. The van der Waals surface area contributed by atoms with Crippen molar-refractivity contribution in [1.82, 2.24) is 0 Å². The van der Waals surface area contributed by atoms with Crippen molar-refractivity contribution in [3.05, 3.63) is 62.3 Å². The van der Waals surface area contributed by atoms with Gasteiger partial charge < -0.3 is 35.6 Å². The smallest absolute Gasteiger partial charge is 0.204 e. The van der Waals surface area contributed by atoms with Gasteiger partial charge in [0.1, 0.15) is 33.8 Å². The first-order chi connectivity index (χ1) is 20.2. The number of ether oxygens (including phenoxy) is 2. The second-order valence-electron chi connectivity index (χ2n) is 11.2. The van der Waals surface area contributed by atoms with E-state index in [2.05, 4.69) is 0 Å². The fraction of sp³-hybridized carbons (Fsp3) is 0.500. The summed E-state index contributed by atoms with van der Waals surface area (Å²) in [5.74, 6) is 0.829. The molecule has 2 aromatic carbocycles. The van der Waals surface area contributed by atoms with Crippen LogP contribution >= 0.6 is 0 Å². The molecule has 0 bridgehead atoms. The van der Waals surface area contributed by atoms with Gasteiger partial charge in [0.05, 0.1) is 25.2 Å². The Balaban J connectivity index is 2.24. The van der Waals surface area contributed by atoms with Crippen molar-refractivity contribution in [2.45, 2.75) is 85.7 Å². The first kappa shape index (κ1) is 33.2. The summed E-state index contributed by atoms with van der Waals surface area (Å²) in [6.07, 6.45) is 10.2. The fourth-order valence-corrected chi connectivity index (χ4v) is 4.94. The van der Waals surface area contributed by atoms with E-state index in [0.29, 0.717) is 78.3 Å². The molecule has 3 aromatic rings. The quantitative estimate of drug-likeness (QED) is 0.0843. The summed E-state index contributed by atoms with van der Waals surface area (Å²) in [7, 11) is 0. The molecule has 1 heterocycles. The predicted molar refractivity (Wildman–Crippen MR) is 171 cm³/mol. The molecule has 0 saturated heterocycles. The molecular weight excluding hydrogens is 532 g/mol. The van der Waals surface area contributed by atoms with Gasteiger partial charge in [-0.25, -0.2) is 0 Å². The molecule has 1 aromatic heterocycles. The maximum Gasteiger partial charge on any atom is 0.204 e. The lowest BCUT2D eigenvalue weighted by molar-refractivity contribution is 0.259. The Hall–Kier alpha value is -3.33. The summed E-state index contributed by atoms with van der Waals surface area (Å²) in [6.45, 7) is 9.80. The topological polar surface area (TPSA) is 141 Å². The van der Waals surface area contributed by atoms with Crippen molar-refractivity contribution in [3.63, 3.8) is 0 Å². The zero-order valence-electron chi connectivity index (χ0n) is 25.7. The minimum Gasteiger partial charge on any atom is -0.507 e. The average Bonchev–Trinajstić information content (AvgIpc) is 2.94. The Kier molecular flexibility index (Phi) is 12.9. The number of rotatable bonds is 17. The zero-order valence-corrected chi connectivity index (χ0v) is 25.7. The average molecular weight is 581 g/mol. The minimum atomic E-state index is -0.349. The second-order valence-corrected chi connectivity index (χ2v) is 11.2. The lowest BCUT2D eigenvalue weighted by Crippen LogP contribution is -2.11. The van der Waals surface area contributed by atoms with Crippen LogP contribution in [0.2, 0.25) is 0 Å². The summed E-state index contributed by atoms with van der Waals surface area (Å²) in [5.41, 5.74) is 15.3. The van der Waals surface area contributed by atoms with Gasteiger partial charge in [-0.15, -0.1) is 0 Å². The van der Waals surface area contributed by atoms with Crippen LogP contribution in [0, 0.1) is 0 Å². The highest BCUT2D eigenvalue weighted by Crippen LogP contribution is 2.39. The molecule has 0 radical (unpaired) electrons. The summed E-state index contributed by atoms with van der Waals surface area (Å²) >= 11 is 0. The Bertz CT molecular complexity index is 1460. The summed E-state index contributed by atoms with van der Waals surface area (Å²) in [6, 6.07) is 3.38. The monoisotopic (exact) mass is 580 g/mol. The van der Waals surface area contributed by atoms with Crippen LogP contribution < -0.4 is 26.4 Å². The van der Waals surface area contributed by atoms with Gasteiger partial charge in [-0.3, -0.25) is 4.79 Å². The molecule has 0 saturated carbocycles. The standard InChI is InChI=1S/C34H48N2O6/c1-22(2)11-13-24-26(21-37)28(41-18-10-6-8-16-36)20-29-31(24)34(39)32-30(42-29)19-27(40-17-9-5-7-15-35)25(33(32)38)14-12-23(3)4/h11-12,19-20,37-38H,5-10,13-18,21,35-36H2,1-4H3. The molecule has 230 valence electrons. The first-order valence-electron chi connectivity index (χ1n) is 15.1. The van der Waals surface area contributed by atoms with Crippen LogP contribution in [0.5, 0.6) is 17.2 Å². The van der Waals surface area contributed by atoms with Crippen molar-refractivity contribution < 1.29 is 24.1 Å². The molecule has 0 aliphatic rings. The number of hydrogen-bond donors (Lipinski definition) is 4. The molecule has 42 heavy (non-hydrogen) atoms. The SMILES string of the molecule is CC(C)=CCc1c(OCCCCCN)cc2oc3cc(OCCCCCN)c(CO)c(CC=C(C)C)c3c(=O)c2c1O. The van der Waals surface area contributed by atoms with Gasteiger partial charge >= 0.3 is 0 Å². The maximum atomic E-state index is 14.2. The number of hydrogen-bond acceptors (Lipinski definition) is 8. The Morgan fingerprint density at radius 2 is 1.26 bits per heavy atom. The van der Waals surface area contributed by atoms with Crippen LogP contribution in [-0.2, 0) is 19.4 Å². The second kappa shape index (κ2) is 16.3. The molecular formula is C34H48N2O6. The predicted octanol–water partition coefficient (Wildman–Crippen LogP) is 6.18. The number of allylic oxidation sites excluding steroid dienone is 4. The summed E-state index contributed by atoms with van der Waals surface area (Å²) in [4.78, 5) is 14.2. The van der Waals surface area contributed by atoms with Gasteiger partial charge in [0, 0.05) is 23.3 Å². The molecule has 6 N–H and O–H groups in total. The largest absolute Gasteiger partial charge is 0.507 e. The molecule has 0 aliphatic heterocycles. The lowest BCUT2D eigenvalue weighted by atomic mass is 9.95. The fourth-order valence-electron chi connectivity index (χ4n) is 4.94. The Morgan fingerprint density at radius 1 is 0.762 bits per heavy atom. The van der Waals surface area contributed by atoms with E-state index in [4.69, 9.17) is 25.4 Å². The number of phenolic OH excluding ortho intramolecular Hbond substituents is 1. The number of aliphatic hydroxyl groups excluding tert-OH is 1. The Morgan fingerprint density at radius 3 is 1.76 bits per heavy atom. The van der Waals surface area contributed by atoms with Crippen LogP contribution in [0.15, 0.2) is 44.6 Å². The highest BCUT2D eigenvalue weighted by Gasteiger charge is 2.23. The van der Waals surface area contributed by atoms with E-state index in [1.807, 2.05) is 39.8 Å². The van der Waals surface area contributed by atoms with E-state index in [-0.39, 0.29) is 28.8 Å². The van der Waals surface area contributed by atoms with Crippen LogP contribution in [-0.4, -0.2) is 36.5 Å². The lowest BCUT2D eigenvalue weighted by Gasteiger charge is -2.18. The van der Waals surface area contributed by atoms with Crippen molar-refractivity contribution in [3.8, 4) is 17.2 Å². The minimum absolute atomic E-state index is 0.105. The molecule has 0 spiro atoms. The number of fused-ring (bicyclic) bond motifs is 2. The van der Waals surface area contributed by atoms with E-state index in [1.165, 1.54) is 0 Å². The summed E-state index contributed by atoms with van der Waals surface area (Å²) < 4.78 is 18.6. The van der Waals surface area contributed by atoms with Gasteiger partial charge in [0.25, 0.3) is 0 Å². The molecule has 3 rings (SSSR count). The van der Waals surface area contributed by atoms with E-state index >= 15 is 0 Å². The summed E-state index contributed by atoms with van der Waals surface area (Å²) in [5, 5.41) is 22.4. The van der Waals surface area contributed by atoms with Crippen molar-refractivity contribution in [2.24, 2.45) is 11.5 Å². The molecule has 0 aliphatic carbocycles. The van der Waals surface area contributed by atoms with Gasteiger partial charge in [-0.05, 0) is 97.7 Å². The number of unbranched alkanes of at least 4 members (excludes halogenated alkanes) is 4. The number of phenols is 1. The van der Waals surface area contributed by atoms with E-state index in [9.17, 15) is 15.0 Å². The van der Waals surface area contributed by atoms with E-state index in [0.717, 1.165) is 49.7 Å². The van der Waals surface area contributed by atoms with E-state index in [1.54, 1.807) is 12.1 Å². The molecule has 8 heteroatoms. The van der Waals surface area contributed by atoms with Crippen molar-refractivity contribution >= 4 is 21.9 Å². The molecule has 0 unspecified atom stereocenters. The van der Waals surface area contributed by atoms with Crippen LogP contribution in [0.25, 0.3) is 21.9 Å². The number of nitrogens with two attached hydrogens (primary N) is 2. The van der Waals surface area contributed by atoms with Crippen molar-refractivity contribution in [2.75, 3.05) is 26.3 Å². The molecule has 0 atom stereocenters. The highest BCUT2D eigenvalue weighted by atomic mass is 16.5. The van der Waals surface area contributed by atoms with Crippen LogP contribution in [0.3, 0.4) is 0 Å². The van der Waals surface area contributed by atoms with Crippen LogP contribution in [0.1, 0.15) is 82.9 Å². The van der Waals surface area contributed by atoms with Crippen LogP contribution in [0.4, 0.5) is 0 Å². The van der Waals surface area contributed by atoms with Crippen molar-refractivity contribution in [1.29, 1.82) is 0 Å². The first-order valence-corrected chi connectivity index (χ1v) is 15.1. The zero-order chi connectivity index (χ0) is 30.6. The molecule has 0 amide bonds. The molecule has 8 nitrogen and oxygen atoms in total. The maximum absolute atomic E-state index is 14.2. The third kappa shape index (κ3) is 8.37. The highest BCUT2D eigenvalue weighted by molar-refractivity contribution is 5.97. The Labute approximate surface area is 249 Å². The van der Waals surface area contributed by atoms with Gasteiger partial charge in [0.2, 0.25) is 5.43 Å². The number of aliphatic hydroxyl groups is 1. The van der Waals surface area contributed by atoms with E-state index < -0.39 is 0 Å². The third-order valence-corrected chi connectivity index (χ3v) is 7.27. The van der Waals surface area contributed by atoms with Gasteiger partial charge in [-0.2, -0.15) is 0 Å². The number of aromatic hydroxyl groups is 1. The van der Waals surface area contributed by atoms with Gasteiger partial charge in [0.15, 0.2) is 0 Å². The number of benzene rings is 2. The molecule has 0 fully saturated rings. The third-order valence-electron chi connectivity index (χ3n) is 7.27. The van der Waals surface area contributed by atoms with Gasteiger partial charge in [-0.1, -0.05) is 23.3 Å².